The molecule has 1 saturated heterocycles. The Morgan fingerprint density at radius 3 is 2.55 bits per heavy atom. The van der Waals surface area contributed by atoms with Crippen molar-refractivity contribution in [3.05, 3.63) is 24.3 Å². The lowest BCUT2D eigenvalue weighted by Gasteiger charge is -2.59. The van der Waals surface area contributed by atoms with E-state index in [9.17, 15) is 14.4 Å². The van der Waals surface area contributed by atoms with Crippen LogP contribution in [0, 0.1) is 51.2 Å². The predicted octanol–water partition coefficient (Wildman–Crippen LogP) is 5.17. The lowest BCUT2D eigenvalue weighted by molar-refractivity contribution is -0.238. The van der Waals surface area contributed by atoms with Gasteiger partial charge in [-0.1, -0.05) is 44.9 Å². The van der Waals surface area contributed by atoms with Crippen LogP contribution in [0.4, 0.5) is 0 Å². The number of hydrogen-bond acceptors (Lipinski definition) is 8. The van der Waals surface area contributed by atoms with Gasteiger partial charge >= 0.3 is 11.9 Å². The van der Waals surface area contributed by atoms with Crippen molar-refractivity contribution in [2.45, 2.75) is 86.5 Å². The van der Waals surface area contributed by atoms with E-state index in [1.165, 1.54) is 0 Å². The zero-order chi connectivity index (χ0) is 30.7. The third-order valence-corrected chi connectivity index (χ3v) is 11.3. The Labute approximate surface area is 251 Å². The molecular formula is C34H51NO7. The van der Waals surface area contributed by atoms with Crippen LogP contribution in [0.3, 0.4) is 0 Å². The lowest BCUT2D eigenvalue weighted by atomic mass is 9.43. The van der Waals surface area contributed by atoms with Gasteiger partial charge in [-0.05, 0) is 76.5 Å². The molecule has 5 rings (SSSR count). The van der Waals surface area contributed by atoms with Gasteiger partial charge in [-0.2, -0.15) is 0 Å². The van der Waals surface area contributed by atoms with Gasteiger partial charge in [-0.3, -0.25) is 14.5 Å². The number of rotatable bonds is 10. The van der Waals surface area contributed by atoms with Gasteiger partial charge in [0.1, 0.15) is 11.7 Å². The maximum absolute atomic E-state index is 14.7. The smallest absolute Gasteiger partial charge is 0.320 e. The number of fused-ring (bicyclic) bond motifs is 2. The number of carbonyl (C=O) groups is 3. The minimum absolute atomic E-state index is 0.00179. The molecule has 0 spiro atoms. The molecule has 234 valence electrons. The van der Waals surface area contributed by atoms with Crippen molar-refractivity contribution in [1.82, 2.24) is 4.90 Å². The topological polar surface area (TPSA) is 91.4 Å². The molecule has 4 bridgehead atoms. The van der Waals surface area contributed by atoms with Gasteiger partial charge in [0.05, 0.1) is 23.5 Å². The van der Waals surface area contributed by atoms with E-state index in [0.29, 0.717) is 31.4 Å². The summed E-state index contributed by atoms with van der Waals surface area (Å²) in [5.74, 6) is 0.0313. The van der Waals surface area contributed by atoms with Crippen LogP contribution in [0.25, 0.3) is 0 Å². The maximum Gasteiger partial charge on any atom is 0.320 e. The normalized spacial score (nSPS) is 40.9. The molecule has 0 amide bonds. The van der Waals surface area contributed by atoms with Gasteiger partial charge in [-0.15, -0.1) is 6.58 Å². The average Bonchev–Trinajstić information content (AvgIpc) is 3.48. The molecule has 0 aromatic heterocycles. The molecule has 1 aliphatic heterocycles. The molecule has 5 aliphatic rings. The van der Waals surface area contributed by atoms with Gasteiger partial charge in [0.2, 0.25) is 6.79 Å². The first-order chi connectivity index (χ1) is 19.8. The molecule has 8 heteroatoms. The molecule has 4 aliphatic carbocycles. The van der Waals surface area contributed by atoms with Crippen LogP contribution in [0.15, 0.2) is 24.3 Å². The largest absolute Gasteiger partial charge is 0.427 e. The summed E-state index contributed by atoms with van der Waals surface area (Å²) in [5, 5.41) is 0. The predicted molar refractivity (Wildman–Crippen MR) is 158 cm³/mol. The highest BCUT2D eigenvalue weighted by Gasteiger charge is 2.84. The minimum Gasteiger partial charge on any atom is -0.427 e. The Hall–Kier alpha value is -2.03. The fraction of sp³-hybridized carbons (Fsp3) is 0.794. The van der Waals surface area contributed by atoms with Gasteiger partial charge in [0, 0.05) is 25.0 Å². The van der Waals surface area contributed by atoms with Crippen LogP contribution in [-0.4, -0.2) is 68.6 Å². The number of carbonyl (C=O) groups excluding carboxylic acids is 3. The number of esters is 2. The van der Waals surface area contributed by atoms with Crippen LogP contribution in [0.2, 0.25) is 0 Å². The fourth-order valence-corrected chi connectivity index (χ4v) is 9.73. The Morgan fingerprint density at radius 2 is 1.90 bits per heavy atom. The second-order valence-electron chi connectivity index (χ2n) is 15.1. The third kappa shape index (κ3) is 4.54. The Bertz CT molecular complexity index is 1130. The first-order valence-electron chi connectivity index (χ1n) is 15.9. The van der Waals surface area contributed by atoms with E-state index >= 15 is 0 Å². The fourth-order valence-electron chi connectivity index (χ4n) is 9.73. The van der Waals surface area contributed by atoms with Crippen LogP contribution >= 0.6 is 0 Å². The molecule has 0 N–H and O–H groups in total. The quantitative estimate of drug-likeness (QED) is 0.150. The number of nitrogens with zero attached hydrogens (tertiary/aromatic N) is 1. The summed E-state index contributed by atoms with van der Waals surface area (Å²) < 4.78 is 24.3. The highest BCUT2D eigenvalue weighted by atomic mass is 16.7. The first kappa shape index (κ1) is 31.4. The Balaban J connectivity index is 1.54. The SMILES string of the molecule is C=CCN1C[C@H](OC[C@@]23C[C@@H]4[C@H](C)CC[C@H]4[C@@]4(C=O)C[C@@H]2C=C(C(C)C)[C@]34C(=O)OCOC(=O)C(C)(C)C)O[C@H](C)C1. The van der Waals surface area contributed by atoms with E-state index in [0.717, 1.165) is 44.2 Å². The monoisotopic (exact) mass is 585 g/mol. The zero-order valence-corrected chi connectivity index (χ0v) is 26.6. The zero-order valence-electron chi connectivity index (χ0n) is 26.6. The van der Waals surface area contributed by atoms with E-state index in [-0.39, 0.29) is 23.9 Å². The number of ether oxygens (including phenoxy) is 4. The standard InChI is InChI=1S/C34H51NO7/c1-9-12-35-16-23(5)42-28(17-35)39-19-33-15-25-22(4)10-11-26(25)32(18-36)14-24(33)13-27(21(2)3)34(32,33)30(38)41-20-40-29(37)31(6,7)8/h9,13,18,21-26,28H,1,10-12,14-17,19-20H2,2-8H3/t22-,23-,24+,25-,26-,28-,32+,33+,34-/m1/s1. The molecule has 1 heterocycles. The molecule has 0 aromatic carbocycles. The van der Waals surface area contributed by atoms with Gasteiger partial charge in [0.15, 0.2) is 6.29 Å². The van der Waals surface area contributed by atoms with Gasteiger partial charge in [-0.25, -0.2) is 0 Å². The molecule has 8 nitrogen and oxygen atoms in total. The van der Waals surface area contributed by atoms with E-state index in [2.05, 4.69) is 38.3 Å². The van der Waals surface area contributed by atoms with Crippen molar-refractivity contribution >= 4 is 18.2 Å². The van der Waals surface area contributed by atoms with E-state index in [4.69, 9.17) is 18.9 Å². The van der Waals surface area contributed by atoms with Gasteiger partial charge in [0.25, 0.3) is 0 Å². The molecule has 42 heavy (non-hydrogen) atoms. The number of allylic oxidation sites excluding steroid dienone is 1. The summed E-state index contributed by atoms with van der Waals surface area (Å²) >= 11 is 0. The lowest BCUT2D eigenvalue weighted by Crippen LogP contribution is -2.64. The Kier molecular flexibility index (Phi) is 8.34. The molecule has 4 fully saturated rings. The second-order valence-corrected chi connectivity index (χ2v) is 15.1. The highest BCUT2D eigenvalue weighted by molar-refractivity contribution is 5.91. The van der Waals surface area contributed by atoms with Crippen molar-refractivity contribution in [3.63, 3.8) is 0 Å². The van der Waals surface area contributed by atoms with Crippen molar-refractivity contribution in [1.29, 1.82) is 0 Å². The summed E-state index contributed by atoms with van der Waals surface area (Å²) in [5.41, 5.74) is -2.46. The number of morpholine rings is 1. The molecular weight excluding hydrogens is 534 g/mol. The summed E-state index contributed by atoms with van der Waals surface area (Å²) in [7, 11) is 0. The minimum atomic E-state index is -1.18. The first-order valence-corrected chi connectivity index (χ1v) is 15.9. The summed E-state index contributed by atoms with van der Waals surface area (Å²) in [4.78, 5) is 43.1. The summed E-state index contributed by atoms with van der Waals surface area (Å²) in [6.45, 7) is 19.7. The van der Waals surface area contributed by atoms with E-state index in [1.54, 1.807) is 20.8 Å². The maximum atomic E-state index is 14.7. The summed E-state index contributed by atoms with van der Waals surface area (Å²) in [6.07, 6.45) is 8.19. The van der Waals surface area contributed by atoms with Crippen LogP contribution in [0.1, 0.15) is 74.1 Å². The average molecular weight is 586 g/mol. The molecule has 0 unspecified atom stereocenters. The van der Waals surface area contributed by atoms with E-state index in [1.807, 2.05) is 13.0 Å². The molecule has 3 saturated carbocycles. The summed E-state index contributed by atoms with van der Waals surface area (Å²) in [6, 6.07) is 0. The number of aldehydes is 1. The second kappa shape index (κ2) is 11.2. The van der Waals surface area contributed by atoms with Crippen molar-refractivity contribution in [3.8, 4) is 0 Å². The Morgan fingerprint density at radius 1 is 1.17 bits per heavy atom. The highest BCUT2D eigenvalue weighted by Crippen LogP contribution is 2.82. The van der Waals surface area contributed by atoms with Crippen molar-refractivity contribution in [2.75, 3.05) is 33.0 Å². The van der Waals surface area contributed by atoms with Crippen LogP contribution in [-0.2, 0) is 33.3 Å². The number of hydrogen-bond donors (Lipinski definition) is 0. The molecule has 0 aromatic rings. The molecule has 9 atom stereocenters. The van der Waals surface area contributed by atoms with Crippen LogP contribution < -0.4 is 0 Å². The third-order valence-electron chi connectivity index (χ3n) is 11.3. The van der Waals surface area contributed by atoms with Gasteiger partial charge < -0.3 is 23.7 Å². The van der Waals surface area contributed by atoms with Crippen molar-refractivity contribution in [2.24, 2.45) is 51.2 Å². The van der Waals surface area contributed by atoms with Crippen molar-refractivity contribution < 1.29 is 33.3 Å². The van der Waals surface area contributed by atoms with Crippen LogP contribution in [0.5, 0.6) is 0 Å². The van der Waals surface area contributed by atoms with E-state index < -0.39 is 46.7 Å². The molecule has 0 radical (unpaired) electrons.